The molecule has 5 heteroatoms. The minimum Gasteiger partial charge on any atom is -0.480 e. The third-order valence-electron chi connectivity index (χ3n) is 8.31. The van der Waals surface area contributed by atoms with Crippen molar-refractivity contribution in [2.45, 2.75) is 25.4 Å². The number of carboxylic acids is 1. The number of fused-ring (bicyclic) bond motifs is 2. The topological polar surface area (TPSA) is 70.8 Å². The van der Waals surface area contributed by atoms with Crippen LogP contribution < -0.4 is 0 Å². The number of carboxylic acid groups (broad SMARTS) is 1. The zero-order chi connectivity index (χ0) is 29.3. The molecule has 0 fully saturated rings. The van der Waals surface area contributed by atoms with E-state index in [0.717, 1.165) is 50.1 Å². The molecular weight excluding hydrogens is 534 g/mol. The molecule has 1 aliphatic rings. The van der Waals surface area contributed by atoms with Gasteiger partial charge in [0.15, 0.2) is 0 Å². The van der Waals surface area contributed by atoms with E-state index < -0.39 is 12.0 Å². The lowest BCUT2D eigenvalue weighted by molar-refractivity contribution is -0.142. The van der Waals surface area contributed by atoms with Gasteiger partial charge in [-0.3, -0.25) is 4.79 Å². The van der Waals surface area contributed by atoms with Crippen molar-refractivity contribution in [2.24, 2.45) is 0 Å². The number of amides is 1. The lowest BCUT2D eigenvalue weighted by Crippen LogP contribution is -2.48. The highest BCUT2D eigenvalue weighted by Crippen LogP contribution is 2.37. The lowest BCUT2D eigenvalue weighted by atomic mass is 9.93. The van der Waals surface area contributed by atoms with Crippen LogP contribution in [0.1, 0.15) is 32.8 Å². The fraction of sp³-hybridized carbons (Fsp3) is 0.105. The molecule has 0 bridgehead atoms. The van der Waals surface area contributed by atoms with Crippen LogP contribution in [-0.4, -0.2) is 27.9 Å². The van der Waals surface area contributed by atoms with E-state index in [2.05, 4.69) is 42.5 Å². The van der Waals surface area contributed by atoms with Crippen LogP contribution >= 0.6 is 0 Å². The van der Waals surface area contributed by atoms with Gasteiger partial charge in [-0.05, 0) is 51.6 Å². The first-order valence-corrected chi connectivity index (χ1v) is 14.4. The predicted octanol–water partition coefficient (Wildman–Crippen LogP) is 8.01. The zero-order valence-corrected chi connectivity index (χ0v) is 23.4. The average molecular weight is 564 g/mol. The maximum atomic E-state index is 13.5. The van der Waals surface area contributed by atoms with E-state index >= 15 is 0 Å². The smallest absolute Gasteiger partial charge is 0.326 e. The van der Waals surface area contributed by atoms with Crippen molar-refractivity contribution in [3.8, 4) is 22.3 Å². The van der Waals surface area contributed by atoms with E-state index in [1.807, 2.05) is 72.8 Å². The molecule has 5 aromatic carbocycles. The van der Waals surface area contributed by atoms with Gasteiger partial charge < -0.3 is 14.4 Å². The number of nitrogens with zero attached hydrogens (tertiary/aromatic N) is 1. The molecule has 0 saturated heterocycles. The van der Waals surface area contributed by atoms with Crippen LogP contribution in [0.25, 0.3) is 33.2 Å². The first-order chi connectivity index (χ1) is 21.0. The second-order valence-corrected chi connectivity index (χ2v) is 11.0. The molecule has 2 heterocycles. The summed E-state index contributed by atoms with van der Waals surface area (Å²) >= 11 is 0. The van der Waals surface area contributed by atoms with Gasteiger partial charge in [-0.15, -0.1) is 0 Å². The van der Waals surface area contributed by atoms with Crippen LogP contribution in [-0.2, 0) is 24.2 Å². The largest absolute Gasteiger partial charge is 0.480 e. The van der Waals surface area contributed by atoms with Crippen molar-refractivity contribution in [3.63, 3.8) is 0 Å². The van der Waals surface area contributed by atoms with E-state index in [0.29, 0.717) is 18.4 Å². The van der Waals surface area contributed by atoms with Crippen LogP contribution in [0.5, 0.6) is 0 Å². The Morgan fingerprint density at radius 2 is 1.30 bits per heavy atom. The highest BCUT2D eigenvalue weighted by molar-refractivity contribution is 5.98. The highest BCUT2D eigenvalue weighted by Gasteiger charge is 2.34. The van der Waals surface area contributed by atoms with Gasteiger partial charge in [0.25, 0.3) is 5.91 Å². The van der Waals surface area contributed by atoms with Crippen molar-refractivity contribution in [3.05, 3.63) is 155 Å². The maximum absolute atomic E-state index is 13.5. The molecule has 1 aliphatic heterocycles. The average Bonchev–Trinajstić information content (AvgIpc) is 3.42. The van der Waals surface area contributed by atoms with Gasteiger partial charge in [-0.2, -0.15) is 0 Å². The maximum Gasteiger partial charge on any atom is 0.326 e. The van der Waals surface area contributed by atoms with Gasteiger partial charge in [-0.1, -0.05) is 109 Å². The molecule has 43 heavy (non-hydrogen) atoms. The van der Waals surface area contributed by atoms with Crippen molar-refractivity contribution in [1.29, 1.82) is 0 Å². The number of hydrogen-bond acceptors (Lipinski definition) is 3. The summed E-state index contributed by atoms with van der Waals surface area (Å²) in [6.07, 6.45) is 1.01. The van der Waals surface area contributed by atoms with Crippen LogP contribution in [0, 0.1) is 0 Å². The Morgan fingerprint density at radius 1 is 0.698 bits per heavy atom. The fourth-order valence-electron chi connectivity index (χ4n) is 6.08. The first kappa shape index (κ1) is 26.5. The summed E-state index contributed by atoms with van der Waals surface area (Å²) in [5.41, 5.74) is 8.68. The number of aliphatic carboxylic acids is 1. The van der Waals surface area contributed by atoms with Crippen molar-refractivity contribution >= 4 is 22.8 Å². The second-order valence-electron chi connectivity index (χ2n) is 11.0. The normalized spacial score (nSPS) is 14.4. The number of benzene rings is 5. The van der Waals surface area contributed by atoms with Crippen molar-refractivity contribution < 1.29 is 19.1 Å². The third-order valence-corrected chi connectivity index (χ3v) is 8.31. The van der Waals surface area contributed by atoms with E-state index in [1.54, 1.807) is 12.1 Å². The molecule has 1 unspecified atom stereocenters. The molecule has 0 spiro atoms. The molecule has 1 N–H and O–H groups in total. The summed E-state index contributed by atoms with van der Waals surface area (Å²) in [6, 6.07) is 41.1. The molecule has 0 radical (unpaired) electrons. The van der Waals surface area contributed by atoms with E-state index in [9.17, 15) is 14.7 Å². The lowest BCUT2D eigenvalue weighted by Gasteiger charge is -2.34. The first-order valence-electron chi connectivity index (χ1n) is 14.4. The van der Waals surface area contributed by atoms with E-state index in [-0.39, 0.29) is 12.5 Å². The molecule has 6 aromatic rings. The number of hydrogen-bond donors (Lipinski definition) is 1. The van der Waals surface area contributed by atoms with Gasteiger partial charge in [0.1, 0.15) is 17.4 Å². The Kier molecular flexibility index (Phi) is 6.84. The monoisotopic (exact) mass is 563 g/mol. The summed E-state index contributed by atoms with van der Waals surface area (Å²) < 4.78 is 6.33. The molecule has 5 nitrogen and oxygen atoms in total. The summed E-state index contributed by atoms with van der Waals surface area (Å²) in [5.74, 6) is -0.332. The van der Waals surface area contributed by atoms with Gasteiger partial charge in [0.05, 0.1) is 0 Å². The van der Waals surface area contributed by atoms with Gasteiger partial charge in [0, 0.05) is 35.9 Å². The molecule has 7 rings (SSSR count). The van der Waals surface area contributed by atoms with Crippen LogP contribution in [0.3, 0.4) is 0 Å². The number of carbonyl (C=O) groups excluding carboxylic acids is 1. The predicted molar refractivity (Wildman–Crippen MR) is 168 cm³/mol. The summed E-state index contributed by atoms with van der Waals surface area (Å²) in [7, 11) is 0. The highest BCUT2D eigenvalue weighted by atomic mass is 16.4. The summed E-state index contributed by atoms with van der Waals surface area (Å²) in [4.78, 5) is 27.0. The number of para-hydroxylation sites is 1. The number of carbonyl (C=O) groups is 2. The van der Waals surface area contributed by atoms with Crippen LogP contribution in [0.4, 0.5) is 0 Å². The molecule has 210 valence electrons. The molecule has 1 amide bonds. The minimum absolute atomic E-state index is 0.276. The molecule has 1 atom stereocenters. The van der Waals surface area contributed by atoms with E-state index in [4.69, 9.17) is 4.42 Å². The van der Waals surface area contributed by atoms with Crippen LogP contribution in [0.15, 0.2) is 132 Å². The standard InChI is InChI=1S/C38H29NO4/c40-37(39-24-31-11-5-4-10-30(31)23-33(39)38(41)42)29-20-16-27(17-21-29)26-14-18-28(19-15-26)36-32-12-6-7-13-34(32)43-35(36)22-25-8-2-1-3-9-25/h1-21,33H,22-24H2,(H,41,42). The molecule has 0 saturated carbocycles. The fourth-order valence-corrected chi connectivity index (χ4v) is 6.08. The SMILES string of the molecule is O=C(O)C1Cc2ccccc2CN1C(=O)c1ccc(-c2ccc(-c3c(Cc4ccccc4)oc4ccccc34)cc2)cc1. The zero-order valence-electron chi connectivity index (χ0n) is 23.4. The van der Waals surface area contributed by atoms with Gasteiger partial charge in [0.2, 0.25) is 0 Å². The van der Waals surface area contributed by atoms with E-state index in [1.165, 1.54) is 10.5 Å². The quantitative estimate of drug-likeness (QED) is 0.223. The molecule has 1 aromatic heterocycles. The van der Waals surface area contributed by atoms with Crippen LogP contribution in [0.2, 0.25) is 0 Å². The van der Waals surface area contributed by atoms with Crippen molar-refractivity contribution in [2.75, 3.05) is 0 Å². The number of rotatable bonds is 6. The Hall–Kier alpha value is -5.42. The molecular formula is C38H29NO4. The Balaban J connectivity index is 1.15. The Labute approximate surface area is 249 Å². The second kappa shape index (κ2) is 11.1. The molecule has 0 aliphatic carbocycles. The summed E-state index contributed by atoms with van der Waals surface area (Å²) in [5, 5.41) is 11.0. The summed E-state index contributed by atoms with van der Waals surface area (Å²) in [6.45, 7) is 0.282. The van der Waals surface area contributed by atoms with Gasteiger partial charge >= 0.3 is 5.97 Å². The van der Waals surface area contributed by atoms with Crippen molar-refractivity contribution in [1.82, 2.24) is 4.90 Å². The Morgan fingerprint density at radius 3 is 2.02 bits per heavy atom. The minimum atomic E-state index is -0.989. The Bertz CT molecular complexity index is 1940. The van der Waals surface area contributed by atoms with Gasteiger partial charge in [-0.25, -0.2) is 4.79 Å². The number of furan rings is 1. The third kappa shape index (κ3) is 5.10.